The van der Waals surface area contributed by atoms with Crippen LogP contribution in [0.5, 0.6) is 0 Å². The van der Waals surface area contributed by atoms with Gasteiger partial charge in [0.05, 0.1) is 6.10 Å². The number of benzene rings is 1. The van der Waals surface area contributed by atoms with Crippen LogP contribution in [0.3, 0.4) is 0 Å². The van der Waals surface area contributed by atoms with E-state index in [1.54, 1.807) is 0 Å². The zero-order valence-corrected chi connectivity index (χ0v) is 10.3. The topological polar surface area (TPSA) is 52.5 Å². The van der Waals surface area contributed by atoms with Gasteiger partial charge in [-0.25, -0.2) is 0 Å². The van der Waals surface area contributed by atoms with E-state index in [1.165, 1.54) is 0 Å². The zero-order chi connectivity index (χ0) is 12.0. The average Bonchev–Trinajstić information content (AvgIpc) is 2.29. The quantitative estimate of drug-likeness (QED) is 0.565. The van der Waals surface area contributed by atoms with Gasteiger partial charge in [-0.2, -0.15) is 12.6 Å². The zero-order valence-electron chi connectivity index (χ0n) is 9.43. The van der Waals surface area contributed by atoms with Gasteiger partial charge in [-0.3, -0.25) is 0 Å². The fourth-order valence-corrected chi connectivity index (χ4v) is 1.94. The summed E-state index contributed by atoms with van der Waals surface area (Å²) in [7, 11) is 1.85. The van der Waals surface area contributed by atoms with Crippen molar-refractivity contribution in [2.75, 3.05) is 12.8 Å². The first-order valence-electron chi connectivity index (χ1n) is 5.40. The van der Waals surface area contributed by atoms with Gasteiger partial charge in [0.25, 0.3) is 0 Å². The van der Waals surface area contributed by atoms with Crippen molar-refractivity contribution in [1.29, 1.82) is 0 Å². The summed E-state index contributed by atoms with van der Waals surface area (Å²) < 4.78 is 0. The maximum Gasteiger partial charge on any atom is 0.105 e. The lowest BCUT2D eigenvalue weighted by atomic mass is 9.97. The lowest BCUT2D eigenvalue weighted by Crippen LogP contribution is -2.21. The van der Waals surface area contributed by atoms with Crippen LogP contribution in [0.2, 0.25) is 0 Å². The Hall–Kier alpha value is -0.550. The second-order valence-corrected chi connectivity index (χ2v) is 4.20. The van der Waals surface area contributed by atoms with Gasteiger partial charge in [0.15, 0.2) is 0 Å². The van der Waals surface area contributed by atoms with Crippen LogP contribution in [0.4, 0.5) is 0 Å². The average molecular weight is 241 g/mol. The molecule has 0 aliphatic heterocycles. The van der Waals surface area contributed by atoms with Gasteiger partial charge in [0.1, 0.15) is 6.10 Å². The van der Waals surface area contributed by atoms with Crippen LogP contribution in [0.1, 0.15) is 23.7 Å². The number of hydrogen-bond acceptors (Lipinski definition) is 4. The predicted molar refractivity (Wildman–Crippen MR) is 68.6 cm³/mol. The molecule has 0 saturated carbocycles. The van der Waals surface area contributed by atoms with E-state index < -0.39 is 12.2 Å². The van der Waals surface area contributed by atoms with E-state index in [0.717, 1.165) is 11.1 Å². The standard InChI is InChI=1S/C12H19NO2S/c1-13-8-9-4-2-3-5-10(9)12(15)11(14)6-7-16/h2-5,11-16H,6-8H2,1H3. The van der Waals surface area contributed by atoms with E-state index in [9.17, 15) is 10.2 Å². The Kier molecular flexibility index (Phi) is 5.84. The van der Waals surface area contributed by atoms with Crippen molar-refractivity contribution >= 4 is 12.6 Å². The molecule has 1 rings (SSSR count). The Morgan fingerprint density at radius 1 is 1.31 bits per heavy atom. The third-order valence-corrected chi connectivity index (χ3v) is 2.79. The summed E-state index contributed by atoms with van der Waals surface area (Å²) in [5.74, 6) is 0.562. The van der Waals surface area contributed by atoms with Crippen LogP contribution in [-0.2, 0) is 6.54 Å². The number of thiol groups is 1. The number of aliphatic hydroxyl groups excluding tert-OH is 2. The first kappa shape index (κ1) is 13.5. The summed E-state index contributed by atoms with van der Waals surface area (Å²) in [6, 6.07) is 7.58. The molecule has 0 fully saturated rings. The van der Waals surface area contributed by atoms with E-state index in [1.807, 2.05) is 31.3 Å². The SMILES string of the molecule is CNCc1ccccc1C(O)C(O)CCS. The van der Waals surface area contributed by atoms with Gasteiger partial charge in [-0.05, 0) is 30.3 Å². The Bertz CT molecular complexity index is 320. The Balaban J connectivity index is 2.84. The van der Waals surface area contributed by atoms with Crippen molar-refractivity contribution < 1.29 is 10.2 Å². The van der Waals surface area contributed by atoms with Crippen LogP contribution < -0.4 is 5.32 Å². The third-order valence-electron chi connectivity index (χ3n) is 2.53. The summed E-state index contributed by atoms with van der Waals surface area (Å²) in [6.07, 6.45) is -1.11. The van der Waals surface area contributed by atoms with Crippen molar-refractivity contribution in [1.82, 2.24) is 5.32 Å². The van der Waals surface area contributed by atoms with Gasteiger partial charge in [-0.15, -0.1) is 0 Å². The molecule has 90 valence electrons. The van der Waals surface area contributed by atoms with Crippen molar-refractivity contribution in [2.45, 2.75) is 25.2 Å². The molecular formula is C12H19NO2S. The highest BCUT2D eigenvalue weighted by atomic mass is 32.1. The van der Waals surface area contributed by atoms with Gasteiger partial charge in [0, 0.05) is 6.54 Å². The predicted octanol–water partition coefficient (Wildman–Crippen LogP) is 1.12. The number of nitrogens with one attached hydrogen (secondary N) is 1. The van der Waals surface area contributed by atoms with Crippen molar-refractivity contribution in [3.63, 3.8) is 0 Å². The normalized spacial score (nSPS) is 14.8. The first-order chi connectivity index (χ1) is 7.70. The van der Waals surface area contributed by atoms with Crippen molar-refractivity contribution in [3.8, 4) is 0 Å². The molecule has 0 radical (unpaired) electrons. The van der Waals surface area contributed by atoms with Crippen LogP contribution in [-0.4, -0.2) is 29.1 Å². The molecule has 0 aliphatic carbocycles. The number of aliphatic hydroxyl groups is 2. The third kappa shape index (κ3) is 3.49. The Morgan fingerprint density at radius 3 is 2.62 bits per heavy atom. The molecule has 3 nitrogen and oxygen atoms in total. The van der Waals surface area contributed by atoms with E-state index in [2.05, 4.69) is 17.9 Å². The molecule has 0 amide bonds. The molecule has 3 N–H and O–H groups in total. The van der Waals surface area contributed by atoms with E-state index in [0.29, 0.717) is 18.7 Å². The summed E-state index contributed by atoms with van der Waals surface area (Å²) in [6.45, 7) is 0.681. The number of rotatable bonds is 6. The van der Waals surface area contributed by atoms with Crippen LogP contribution >= 0.6 is 12.6 Å². The summed E-state index contributed by atoms with van der Waals surface area (Å²) in [5.41, 5.74) is 1.79. The fourth-order valence-electron chi connectivity index (χ4n) is 1.67. The summed E-state index contributed by atoms with van der Waals surface area (Å²) in [4.78, 5) is 0. The molecule has 0 saturated heterocycles. The largest absolute Gasteiger partial charge is 0.390 e. The van der Waals surface area contributed by atoms with E-state index in [4.69, 9.17) is 0 Å². The highest BCUT2D eigenvalue weighted by molar-refractivity contribution is 7.80. The Morgan fingerprint density at radius 2 is 2.00 bits per heavy atom. The molecule has 0 aromatic heterocycles. The molecule has 0 bridgehead atoms. The molecule has 4 heteroatoms. The molecule has 2 unspecified atom stereocenters. The number of hydrogen-bond donors (Lipinski definition) is 4. The fraction of sp³-hybridized carbons (Fsp3) is 0.500. The molecule has 16 heavy (non-hydrogen) atoms. The minimum atomic E-state index is -0.836. The second-order valence-electron chi connectivity index (χ2n) is 3.75. The minimum absolute atomic E-state index is 0.484. The Labute approximate surface area is 102 Å². The minimum Gasteiger partial charge on any atom is -0.390 e. The van der Waals surface area contributed by atoms with Crippen LogP contribution in [0.25, 0.3) is 0 Å². The molecule has 0 heterocycles. The summed E-state index contributed by atoms with van der Waals surface area (Å²) >= 11 is 4.05. The van der Waals surface area contributed by atoms with Crippen LogP contribution in [0, 0.1) is 0 Å². The lowest BCUT2D eigenvalue weighted by Gasteiger charge is -2.20. The van der Waals surface area contributed by atoms with E-state index >= 15 is 0 Å². The summed E-state index contributed by atoms with van der Waals surface area (Å²) in [5, 5.41) is 22.8. The molecule has 1 aromatic rings. The smallest absolute Gasteiger partial charge is 0.105 e. The van der Waals surface area contributed by atoms with E-state index in [-0.39, 0.29) is 0 Å². The molecular weight excluding hydrogens is 222 g/mol. The molecule has 1 aromatic carbocycles. The van der Waals surface area contributed by atoms with Gasteiger partial charge >= 0.3 is 0 Å². The van der Waals surface area contributed by atoms with Gasteiger partial charge < -0.3 is 15.5 Å². The monoisotopic (exact) mass is 241 g/mol. The van der Waals surface area contributed by atoms with Gasteiger partial charge in [0.2, 0.25) is 0 Å². The van der Waals surface area contributed by atoms with Crippen LogP contribution in [0.15, 0.2) is 24.3 Å². The highest BCUT2D eigenvalue weighted by Crippen LogP contribution is 2.22. The lowest BCUT2D eigenvalue weighted by molar-refractivity contribution is 0.0167. The first-order valence-corrected chi connectivity index (χ1v) is 6.03. The maximum absolute atomic E-state index is 10.0. The van der Waals surface area contributed by atoms with Crippen molar-refractivity contribution in [2.24, 2.45) is 0 Å². The highest BCUT2D eigenvalue weighted by Gasteiger charge is 2.19. The van der Waals surface area contributed by atoms with Gasteiger partial charge in [-0.1, -0.05) is 24.3 Å². The van der Waals surface area contributed by atoms with Crippen molar-refractivity contribution in [3.05, 3.63) is 35.4 Å². The molecule has 0 spiro atoms. The maximum atomic E-state index is 10.0. The second kappa shape index (κ2) is 6.91. The molecule has 2 atom stereocenters. The molecule has 0 aliphatic rings.